The number of methoxy groups -OCH3 is 1. The van der Waals surface area contributed by atoms with Gasteiger partial charge < -0.3 is 4.74 Å². The predicted molar refractivity (Wildman–Crippen MR) is 176 cm³/mol. The number of benzene rings is 5. The van der Waals surface area contributed by atoms with Gasteiger partial charge in [0, 0.05) is 13.0 Å². The van der Waals surface area contributed by atoms with Gasteiger partial charge in [-0.1, -0.05) is 164 Å². The van der Waals surface area contributed by atoms with Crippen LogP contribution in [-0.2, 0) is 4.74 Å². The Morgan fingerprint density at radius 1 is 0.550 bits per heavy atom. The minimum atomic E-state index is -0.764. The molecule has 1 aliphatic rings. The molecular formula is C37H32OP2. The Labute approximate surface area is 240 Å². The first-order valence-corrected chi connectivity index (χ1v) is 16.4. The summed E-state index contributed by atoms with van der Waals surface area (Å²) in [4.78, 5) is 0. The van der Waals surface area contributed by atoms with Gasteiger partial charge in [-0.2, -0.15) is 0 Å². The lowest BCUT2D eigenvalue weighted by Gasteiger charge is -2.33. The highest BCUT2D eigenvalue weighted by Crippen LogP contribution is 2.49. The molecule has 0 bridgehead atoms. The number of ether oxygens (including phenoxy) is 1. The zero-order chi connectivity index (χ0) is 27.1. The molecule has 40 heavy (non-hydrogen) atoms. The van der Waals surface area contributed by atoms with Crippen molar-refractivity contribution in [3.8, 4) is 0 Å². The fourth-order valence-corrected chi connectivity index (χ4v) is 10.7. The van der Waals surface area contributed by atoms with Crippen LogP contribution >= 0.6 is 15.8 Å². The van der Waals surface area contributed by atoms with E-state index >= 15 is 0 Å². The monoisotopic (exact) mass is 554 g/mol. The van der Waals surface area contributed by atoms with Crippen LogP contribution in [0, 0.1) is 5.92 Å². The lowest BCUT2D eigenvalue weighted by atomic mass is 9.96. The first-order chi connectivity index (χ1) is 19.8. The van der Waals surface area contributed by atoms with E-state index in [0.29, 0.717) is 0 Å². The van der Waals surface area contributed by atoms with Crippen LogP contribution in [0.2, 0.25) is 0 Å². The van der Waals surface area contributed by atoms with Gasteiger partial charge in [-0.15, -0.1) is 0 Å². The molecule has 0 saturated heterocycles. The molecule has 2 unspecified atom stereocenters. The average Bonchev–Trinajstić information content (AvgIpc) is 3.51. The fourth-order valence-electron chi connectivity index (χ4n) is 5.54. The van der Waals surface area contributed by atoms with E-state index in [4.69, 9.17) is 4.74 Å². The molecule has 0 fully saturated rings. The Hall–Kier alpha value is -3.60. The maximum Gasteiger partial charge on any atom is 0.0947 e. The van der Waals surface area contributed by atoms with E-state index in [2.05, 4.69) is 164 Å². The standard InChI is InChI=1S/C37H32OP2/c1-38-37(40(31-21-10-4-11-22-31)32-23-12-5-13-24-32)35-27-16-26-33(35)34-25-14-15-28-36(34)39(29-17-6-2-7-18-29)30-19-8-3-9-20-30/h2-28,35,37H,1H3. The topological polar surface area (TPSA) is 9.23 Å². The molecule has 196 valence electrons. The third-order valence-corrected chi connectivity index (χ3v) is 12.6. The molecule has 0 spiro atoms. The summed E-state index contributed by atoms with van der Waals surface area (Å²) < 4.78 is 6.47. The van der Waals surface area contributed by atoms with Crippen molar-refractivity contribution in [2.45, 2.75) is 5.85 Å². The molecular weight excluding hydrogens is 522 g/mol. The van der Waals surface area contributed by atoms with E-state index in [-0.39, 0.29) is 11.8 Å². The number of allylic oxidation sites excluding steroid dienone is 2. The summed E-state index contributed by atoms with van der Waals surface area (Å²) in [6.45, 7) is 0. The van der Waals surface area contributed by atoms with Crippen LogP contribution in [0.25, 0.3) is 5.57 Å². The number of rotatable bonds is 9. The molecule has 0 aromatic heterocycles. The Morgan fingerprint density at radius 2 is 1.00 bits per heavy atom. The second-order valence-corrected chi connectivity index (χ2v) is 14.2. The summed E-state index contributed by atoms with van der Waals surface area (Å²) in [5, 5.41) is 6.77. The third-order valence-electron chi connectivity index (χ3n) is 7.31. The summed E-state index contributed by atoms with van der Waals surface area (Å²) >= 11 is 0. The maximum absolute atomic E-state index is 6.47. The smallest absolute Gasteiger partial charge is 0.0947 e. The lowest BCUT2D eigenvalue weighted by Crippen LogP contribution is -2.30. The highest BCUT2D eigenvalue weighted by atomic mass is 31.1. The van der Waals surface area contributed by atoms with E-state index < -0.39 is 15.8 Å². The zero-order valence-electron chi connectivity index (χ0n) is 22.5. The molecule has 0 saturated carbocycles. The van der Waals surface area contributed by atoms with E-state index in [1.165, 1.54) is 37.7 Å². The van der Waals surface area contributed by atoms with Crippen molar-refractivity contribution >= 4 is 47.9 Å². The fraction of sp³-hybridized carbons (Fsp3) is 0.0811. The van der Waals surface area contributed by atoms with Crippen molar-refractivity contribution < 1.29 is 4.74 Å². The predicted octanol–water partition coefficient (Wildman–Crippen LogP) is 7.12. The van der Waals surface area contributed by atoms with E-state index in [1.807, 2.05) is 7.11 Å². The Balaban J connectivity index is 1.45. The molecule has 0 N–H and O–H groups in total. The van der Waals surface area contributed by atoms with Gasteiger partial charge in [0.05, 0.1) is 5.85 Å². The Morgan fingerprint density at radius 3 is 1.50 bits per heavy atom. The summed E-state index contributed by atoms with van der Waals surface area (Å²) in [6, 6.07) is 52.7. The summed E-state index contributed by atoms with van der Waals surface area (Å²) in [6.07, 6.45) is 6.87. The molecule has 0 radical (unpaired) electrons. The van der Waals surface area contributed by atoms with Gasteiger partial charge in [0.15, 0.2) is 0 Å². The molecule has 1 aliphatic carbocycles. The second kappa shape index (κ2) is 12.7. The first kappa shape index (κ1) is 26.6. The SMILES string of the molecule is COC(C1C=CC=C1c1ccccc1P(c1ccccc1)c1ccccc1)P(c1ccccc1)c1ccccc1. The summed E-state index contributed by atoms with van der Waals surface area (Å²) in [5.74, 6) is 0.138. The number of hydrogen-bond acceptors (Lipinski definition) is 1. The van der Waals surface area contributed by atoms with Crippen molar-refractivity contribution in [2.75, 3.05) is 7.11 Å². The van der Waals surface area contributed by atoms with Gasteiger partial charge in [-0.05, 0) is 53.5 Å². The quantitative estimate of drug-likeness (QED) is 0.176. The van der Waals surface area contributed by atoms with Crippen LogP contribution in [0.4, 0.5) is 0 Å². The van der Waals surface area contributed by atoms with Crippen LogP contribution in [0.3, 0.4) is 0 Å². The van der Waals surface area contributed by atoms with E-state index in [9.17, 15) is 0 Å². The summed E-state index contributed by atoms with van der Waals surface area (Å²) in [7, 11) is 0.381. The largest absolute Gasteiger partial charge is 0.375 e. The van der Waals surface area contributed by atoms with Crippen molar-refractivity contribution in [3.63, 3.8) is 0 Å². The van der Waals surface area contributed by atoms with Crippen LogP contribution in [0.15, 0.2) is 164 Å². The van der Waals surface area contributed by atoms with Crippen molar-refractivity contribution in [1.29, 1.82) is 0 Å². The van der Waals surface area contributed by atoms with E-state index in [0.717, 1.165) is 0 Å². The van der Waals surface area contributed by atoms with Gasteiger partial charge >= 0.3 is 0 Å². The lowest BCUT2D eigenvalue weighted by molar-refractivity contribution is 0.154. The van der Waals surface area contributed by atoms with Crippen LogP contribution in [0.1, 0.15) is 5.56 Å². The van der Waals surface area contributed by atoms with Gasteiger partial charge in [0.25, 0.3) is 0 Å². The zero-order valence-corrected chi connectivity index (χ0v) is 24.3. The highest BCUT2D eigenvalue weighted by molar-refractivity contribution is 7.80. The minimum Gasteiger partial charge on any atom is -0.375 e. The van der Waals surface area contributed by atoms with E-state index in [1.54, 1.807) is 0 Å². The van der Waals surface area contributed by atoms with Crippen LogP contribution in [-0.4, -0.2) is 13.0 Å². The van der Waals surface area contributed by atoms with Crippen molar-refractivity contribution in [1.82, 2.24) is 0 Å². The molecule has 3 heteroatoms. The Kier molecular flexibility index (Phi) is 8.46. The molecule has 0 amide bonds. The summed E-state index contributed by atoms with van der Waals surface area (Å²) in [5.41, 5.74) is 2.65. The van der Waals surface area contributed by atoms with Crippen LogP contribution < -0.4 is 26.5 Å². The molecule has 5 aromatic carbocycles. The maximum atomic E-state index is 6.47. The normalized spacial score (nSPS) is 15.4. The highest BCUT2D eigenvalue weighted by Gasteiger charge is 2.35. The molecule has 0 aliphatic heterocycles. The van der Waals surface area contributed by atoms with Crippen molar-refractivity contribution in [3.05, 3.63) is 169 Å². The van der Waals surface area contributed by atoms with Gasteiger partial charge in [0.2, 0.25) is 0 Å². The average molecular weight is 555 g/mol. The Bertz CT molecular complexity index is 1500. The van der Waals surface area contributed by atoms with Crippen LogP contribution in [0.5, 0.6) is 0 Å². The second-order valence-electron chi connectivity index (χ2n) is 9.72. The molecule has 2 atom stereocenters. The molecule has 6 rings (SSSR count). The van der Waals surface area contributed by atoms with Crippen molar-refractivity contribution in [2.24, 2.45) is 5.92 Å². The van der Waals surface area contributed by atoms with Gasteiger partial charge in [-0.25, -0.2) is 0 Å². The number of hydrogen-bond donors (Lipinski definition) is 0. The van der Waals surface area contributed by atoms with Gasteiger partial charge in [-0.3, -0.25) is 0 Å². The first-order valence-electron chi connectivity index (χ1n) is 13.7. The minimum absolute atomic E-state index is 0.00228. The van der Waals surface area contributed by atoms with Gasteiger partial charge in [0.1, 0.15) is 0 Å². The molecule has 5 aromatic rings. The third kappa shape index (κ3) is 5.52. The molecule has 1 nitrogen and oxygen atoms in total. The molecule has 0 heterocycles.